The first-order valence-electron chi connectivity index (χ1n) is 9.43. The number of rotatable bonds is 5. The Morgan fingerprint density at radius 1 is 1.07 bits per heavy atom. The number of aryl methyl sites for hydroxylation is 3. The number of nitrogens with zero attached hydrogens (tertiary/aromatic N) is 2. The summed E-state index contributed by atoms with van der Waals surface area (Å²) in [6, 6.07) is 9.80. The second kappa shape index (κ2) is 8.67. The lowest BCUT2D eigenvalue weighted by atomic mass is 10.2. The highest BCUT2D eigenvalue weighted by Crippen LogP contribution is 2.24. The second-order valence-corrected chi connectivity index (χ2v) is 8.19. The van der Waals surface area contributed by atoms with E-state index in [1.165, 1.54) is 16.0 Å². The van der Waals surface area contributed by atoms with Gasteiger partial charge in [-0.1, -0.05) is 24.6 Å². The first kappa shape index (κ1) is 19.6. The normalized spacial score (nSPS) is 15.0. The molecule has 2 heterocycles. The number of carbonyl (C=O) groups excluding carboxylic acids is 2. The van der Waals surface area contributed by atoms with Crippen LogP contribution in [0.1, 0.15) is 32.6 Å². The zero-order chi connectivity index (χ0) is 19.4. The average Bonchev–Trinajstić information content (AvgIpc) is 3.04. The summed E-state index contributed by atoms with van der Waals surface area (Å²) in [5.41, 5.74) is 3.19. The van der Waals surface area contributed by atoms with Crippen LogP contribution >= 0.6 is 11.3 Å². The van der Waals surface area contributed by atoms with E-state index in [4.69, 9.17) is 0 Å². The molecule has 0 unspecified atom stereocenters. The van der Waals surface area contributed by atoms with Gasteiger partial charge in [0.05, 0.1) is 11.4 Å². The molecule has 1 aromatic heterocycles. The first-order valence-corrected chi connectivity index (χ1v) is 10.3. The van der Waals surface area contributed by atoms with Gasteiger partial charge in [-0.25, -0.2) is 0 Å². The van der Waals surface area contributed by atoms with Gasteiger partial charge in [-0.3, -0.25) is 14.5 Å². The maximum Gasteiger partial charge on any atom is 0.264 e. The van der Waals surface area contributed by atoms with E-state index in [1.807, 2.05) is 42.2 Å². The van der Waals surface area contributed by atoms with Crippen LogP contribution in [0.25, 0.3) is 0 Å². The van der Waals surface area contributed by atoms with Crippen molar-refractivity contribution in [1.82, 2.24) is 9.80 Å². The predicted molar refractivity (Wildman–Crippen MR) is 111 cm³/mol. The zero-order valence-electron chi connectivity index (χ0n) is 16.2. The molecule has 0 atom stereocenters. The summed E-state index contributed by atoms with van der Waals surface area (Å²) in [7, 11) is 0. The maximum absolute atomic E-state index is 12.7. The number of hydrogen-bond acceptors (Lipinski definition) is 4. The minimum absolute atomic E-state index is 0.0138. The molecule has 0 bridgehead atoms. The third-order valence-corrected chi connectivity index (χ3v) is 6.28. The molecule has 3 rings (SSSR count). The molecule has 27 heavy (non-hydrogen) atoms. The average molecular weight is 386 g/mol. The molecule has 1 N–H and O–H groups in total. The van der Waals surface area contributed by atoms with Crippen molar-refractivity contribution in [2.45, 2.75) is 27.2 Å². The summed E-state index contributed by atoms with van der Waals surface area (Å²) in [6.07, 6.45) is 0.966. The Morgan fingerprint density at radius 3 is 2.33 bits per heavy atom. The van der Waals surface area contributed by atoms with Gasteiger partial charge in [0.25, 0.3) is 5.91 Å². The molecule has 6 heteroatoms. The number of benzene rings is 1. The number of nitrogens with one attached hydrogen (secondary N) is 1. The fourth-order valence-corrected chi connectivity index (χ4v) is 4.36. The van der Waals surface area contributed by atoms with Crippen LogP contribution in [0.5, 0.6) is 0 Å². The van der Waals surface area contributed by atoms with Gasteiger partial charge in [0.1, 0.15) is 0 Å². The van der Waals surface area contributed by atoms with Crippen molar-refractivity contribution in [1.29, 1.82) is 0 Å². The van der Waals surface area contributed by atoms with Gasteiger partial charge < -0.3 is 10.2 Å². The Balaban J connectivity index is 1.48. The van der Waals surface area contributed by atoms with Crippen LogP contribution in [0.3, 0.4) is 0 Å². The van der Waals surface area contributed by atoms with Crippen molar-refractivity contribution in [2.24, 2.45) is 0 Å². The van der Waals surface area contributed by atoms with Crippen molar-refractivity contribution in [3.63, 3.8) is 0 Å². The fraction of sp³-hybridized carbons (Fsp3) is 0.429. The molecule has 1 saturated heterocycles. The van der Waals surface area contributed by atoms with E-state index in [0.29, 0.717) is 19.6 Å². The SMILES string of the molecule is CCc1sc(C(=O)N2CCN(CC(=O)Nc3ccc(C)cc3)CC2)cc1C. The summed E-state index contributed by atoms with van der Waals surface area (Å²) >= 11 is 1.61. The topological polar surface area (TPSA) is 52.7 Å². The lowest BCUT2D eigenvalue weighted by Gasteiger charge is -2.34. The summed E-state index contributed by atoms with van der Waals surface area (Å²) in [4.78, 5) is 31.1. The number of hydrogen-bond donors (Lipinski definition) is 1. The van der Waals surface area contributed by atoms with Crippen LogP contribution in [0.2, 0.25) is 0 Å². The Hall–Kier alpha value is -2.18. The number of anilines is 1. The highest BCUT2D eigenvalue weighted by atomic mass is 32.1. The summed E-state index contributed by atoms with van der Waals surface area (Å²) < 4.78 is 0. The highest BCUT2D eigenvalue weighted by Gasteiger charge is 2.24. The number of carbonyl (C=O) groups is 2. The molecule has 2 aromatic rings. The smallest absolute Gasteiger partial charge is 0.264 e. The predicted octanol–water partition coefficient (Wildman–Crippen LogP) is 3.32. The molecule has 0 aliphatic carbocycles. The van der Waals surface area contributed by atoms with Crippen molar-refractivity contribution in [3.8, 4) is 0 Å². The van der Waals surface area contributed by atoms with E-state index >= 15 is 0 Å². The molecule has 144 valence electrons. The van der Waals surface area contributed by atoms with Crippen LogP contribution in [0.15, 0.2) is 30.3 Å². The van der Waals surface area contributed by atoms with Crippen molar-refractivity contribution in [2.75, 3.05) is 38.0 Å². The molecule has 1 aromatic carbocycles. The number of thiophene rings is 1. The molecule has 1 aliphatic heterocycles. The van der Waals surface area contributed by atoms with Crippen LogP contribution in [-0.2, 0) is 11.2 Å². The fourth-order valence-electron chi connectivity index (χ4n) is 3.28. The first-order chi connectivity index (χ1) is 13.0. The lowest BCUT2D eigenvalue weighted by Crippen LogP contribution is -2.50. The maximum atomic E-state index is 12.7. The van der Waals surface area contributed by atoms with Crippen molar-refractivity contribution < 1.29 is 9.59 Å². The molecule has 0 spiro atoms. The molecule has 0 saturated carbocycles. The van der Waals surface area contributed by atoms with E-state index in [-0.39, 0.29) is 11.8 Å². The van der Waals surface area contributed by atoms with Crippen molar-refractivity contribution in [3.05, 3.63) is 51.2 Å². The van der Waals surface area contributed by atoms with Crippen LogP contribution < -0.4 is 5.32 Å². The van der Waals surface area contributed by atoms with Gasteiger partial charge in [0.2, 0.25) is 5.91 Å². The Bertz CT molecular complexity index is 805. The third-order valence-electron chi connectivity index (χ3n) is 4.91. The second-order valence-electron chi connectivity index (χ2n) is 7.05. The molecule has 2 amide bonds. The molecular formula is C21H27N3O2S. The van der Waals surface area contributed by atoms with E-state index in [0.717, 1.165) is 30.1 Å². The van der Waals surface area contributed by atoms with E-state index in [2.05, 4.69) is 24.1 Å². The number of amides is 2. The molecule has 1 fully saturated rings. The largest absolute Gasteiger partial charge is 0.335 e. The summed E-state index contributed by atoms with van der Waals surface area (Å²) in [5.74, 6) is 0.103. The standard InChI is InChI=1S/C21H27N3O2S/c1-4-18-16(3)13-19(27-18)21(26)24-11-9-23(10-12-24)14-20(25)22-17-7-5-15(2)6-8-17/h5-8,13H,4,9-12,14H2,1-3H3,(H,22,25). The molecular weight excluding hydrogens is 358 g/mol. The third kappa shape index (κ3) is 4.96. The van der Waals surface area contributed by atoms with Gasteiger partial charge in [-0.05, 0) is 44.0 Å². The summed E-state index contributed by atoms with van der Waals surface area (Å²) in [5, 5.41) is 2.93. The Labute approximate surface area is 165 Å². The van der Waals surface area contributed by atoms with Crippen LogP contribution in [0, 0.1) is 13.8 Å². The Morgan fingerprint density at radius 2 is 1.74 bits per heavy atom. The van der Waals surface area contributed by atoms with E-state index < -0.39 is 0 Å². The quantitative estimate of drug-likeness (QED) is 0.859. The van der Waals surface area contributed by atoms with Crippen LogP contribution in [0.4, 0.5) is 5.69 Å². The lowest BCUT2D eigenvalue weighted by molar-refractivity contribution is -0.117. The van der Waals surface area contributed by atoms with Gasteiger partial charge in [-0.2, -0.15) is 0 Å². The van der Waals surface area contributed by atoms with Crippen molar-refractivity contribution >= 4 is 28.8 Å². The molecule has 1 aliphatic rings. The number of piperazine rings is 1. The molecule has 5 nitrogen and oxygen atoms in total. The van der Waals surface area contributed by atoms with Gasteiger partial charge in [0, 0.05) is 36.7 Å². The van der Waals surface area contributed by atoms with Gasteiger partial charge in [-0.15, -0.1) is 11.3 Å². The summed E-state index contributed by atoms with van der Waals surface area (Å²) in [6.45, 7) is 9.32. The van der Waals surface area contributed by atoms with Gasteiger partial charge >= 0.3 is 0 Å². The zero-order valence-corrected chi connectivity index (χ0v) is 17.1. The Kier molecular flexibility index (Phi) is 6.29. The minimum Gasteiger partial charge on any atom is -0.335 e. The van der Waals surface area contributed by atoms with Gasteiger partial charge in [0.15, 0.2) is 0 Å². The monoisotopic (exact) mass is 385 g/mol. The minimum atomic E-state index is -0.0138. The van der Waals surface area contributed by atoms with E-state index in [1.54, 1.807) is 11.3 Å². The van der Waals surface area contributed by atoms with Crippen LogP contribution in [-0.4, -0.2) is 54.3 Å². The molecule has 0 radical (unpaired) electrons. The van der Waals surface area contributed by atoms with E-state index in [9.17, 15) is 9.59 Å². The highest BCUT2D eigenvalue weighted by molar-refractivity contribution is 7.14.